The van der Waals surface area contributed by atoms with E-state index in [1.807, 2.05) is 6.92 Å². The van der Waals surface area contributed by atoms with Gasteiger partial charge in [0.15, 0.2) is 0 Å². The molecule has 0 heterocycles. The van der Waals surface area contributed by atoms with E-state index in [4.69, 9.17) is 0 Å². The molecule has 0 fully saturated rings. The van der Waals surface area contributed by atoms with Gasteiger partial charge in [0.05, 0.1) is 6.10 Å². The maximum Gasteiger partial charge on any atom is 0.0636 e. The van der Waals surface area contributed by atoms with Crippen molar-refractivity contribution in [3.63, 3.8) is 0 Å². The summed E-state index contributed by atoms with van der Waals surface area (Å²) in [6.45, 7) is 17.6. The molecule has 0 saturated heterocycles. The van der Waals surface area contributed by atoms with E-state index in [-0.39, 0.29) is 6.10 Å². The number of nitrogens with one attached hydrogen (secondary N) is 1. The molecule has 0 spiro atoms. The fraction of sp³-hybridized carbons (Fsp3) is 1.00. The highest BCUT2D eigenvalue weighted by molar-refractivity contribution is 4.86. The average Bonchev–Trinajstić information content (AvgIpc) is 2.36. The second-order valence-corrected chi connectivity index (χ2v) is 7.29. The quantitative estimate of drug-likeness (QED) is 0.623. The first-order valence-corrected chi connectivity index (χ1v) is 8.09. The summed E-state index contributed by atoms with van der Waals surface area (Å²) in [4.78, 5) is 0. The fourth-order valence-electron chi connectivity index (χ4n) is 2.67. The number of hydrogen-bond acceptors (Lipinski definition) is 2. The van der Waals surface area contributed by atoms with Crippen LogP contribution in [0.4, 0.5) is 0 Å². The first-order valence-electron chi connectivity index (χ1n) is 8.09. The number of aliphatic hydroxyl groups is 1. The third-order valence-corrected chi connectivity index (χ3v) is 5.19. The van der Waals surface area contributed by atoms with Gasteiger partial charge >= 0.3 is 0 Å². The van der Waals surface area contributed by atoms with Gasteiger partial charge in [-0.25, -0.2) is 0 Å². The second kappa shape index (κ2) is 8.26. The Hall–Kier alpha value is -0.0800. The van der Waals surface area contributed by atoms with Gasteiger partial charge in [-0.05, 0) is 36.6 Å². The van der Waals surface area contributed by atoms with E-state index in [1.165, 1.54) is 25.7 Å². The summed E-state index contributed by atoms with van der Waals surface area (Å²) in [5, 5.41) is 12.9. The minimum Gasteiger partial charge on any atom is -0.392 e. The molecule has 0 rings (SSSR count). The third-order valence-electron chi connectivity index (χ3n) is 5.19. The summed E-state index contributed by atoms with van der Waals surface area (Å²) in [7, 11) is 0. The van der Waals surface area contributed by atoms with Crippen LogP contribution in [0.15, 0.2) is 0 Å². The molecule has 0 aromatic rings. The lowest BCUT2D eigenvalue weighted by Gasteiger charge is -2.41. The number of hydrogen-bond donors (Lipinski definition) is 2. The Labute approximate surface area is 121 Å². The van der Waals surface area contributed by atoms with Crippen LogP contribution in [0.3, 0.4) is 0 Å². The van der Waals surface area contributed by atoms with Gasteiger partial charge < -0.3 is 10.4 Å². The highest BCUT2D eigenvalue weighted by atomic mass is 16.3. The van der Waals surface area contributed by atoms with Gasteiger partial charge in [-0.1, -0.05) is 60.8 Å². The molecule has 0 aromatic heterocycles. The lowest BCUT2D eigenvalue weighted by atomic mass is 9.66. The Kier molecular flexibility index (Phi) is 8.23. The van der Waals surface area contributed by atoms with Gasteiger partial charge in [0, 0.05) is 6.54 Å². The molecule has 0 bridgehead atoms. The summed E-state index contributed by atoms with van der Waals surface area (Å²) in [6.07, 6.45) is 4.68. The van der Waals surface area contributed by atoms with Crippen LogP contribution in [0, 0.1) is 16.7 Å². The van der Waals surface area contributed by atoms with Crippen LogP contribution in [-0.4, -0.2) is 24.3 Å². The van der Waals surface area contributed by atoms with Crippen LogP contribution in [-0.2, 0) is 0 Å². The Balaban J connectivity index is 4.73. The van der Waals surface area contributed by atoms with Gasteiger partial charge in [-0.2, -0.15) is 0 Å². The molecular weight excluding hydrogens is 234 g/mol. The van der Waals surface area contributed by atoms with Gasteiger partial charge in [-0.15, -0.1) is 0 Å². The zero-order chi connectivity index (χ0) is 15.1. The molecule has 2 atom stereocenters. The largest absolute Gasteiger partial charge is 0.392 e. The fourth-order valence-corrected chi connectivity index (χ4v) is 2.67. The average molecular weight is 271 g/mol. The molecule has 0 radical (unpaired) electrons. The minimum absolute atomic E-state index is 0.255. The molecule has 19 heavy (non-hydrogen) atoms. The van der Waals surface area contributed by atoms with E-state index in [1.54, 1.807) is 0 Å². The van der Waals surface area contributed by atoms with E-state index in [2.05, 4.69) is 46.9 Å². The molecular formula is C17H37NO. The molecule has 0 amide bonds. The van der Waals surface area contributed by atoms with Crippen molar-refractivity contribution in [1.29, 1.82) is 0 Å². The molecule has 2 nitrogen and oxygen atoms in total. The number of aliphatic hydroxyl groups excluding tert-OH is 1. The zero-order valence-electron chi connectivity index (χ0n) is 14.3. The molecule has 0 saturated carbocycles. The van der Waals surface area contributed by atoms with Crippen LogP contribution >= 0.6 is 0 Å². The lowest BCUT2D eigenvalue weighted by Crippen LogP contribution is -2.39. The van der Waals surface area contributed by atoms with E-state index in [0.717, 1.165) is 6.54 Å². The zero-order valence-corrected chi connectivity index (χ0v) is 14.3. The maximum atomic E-state index is 9.40. The minimum atomic E-state index is -0.255. The highest BCUT2D eigenvalue weighted by Crippen LogP contribution is 2.42. The summed E-state index contributed by atoms with van der Waals surface area (Å²) >= 11 is 0. The predicted molar refractivity (Wildman–Crippen MR) is 85.4 cm³/mol. The van der Waals surface area contributed by atoms with Crippen LogP contribution in [0.2, 0.25) is 0 Å². The normalized spacial score (nSPS) is 16.4. The van der Waals surface area contributed by atoms with Gasteiger partial charge in [-0.3, -0.25) is 0 Å². The molecule has 2 unspecified atom stereocenters. The summed E-state index contributed by atoms with van der Waals surface area (Å²) in [5.74, 6) is 0.677. The van der Waals surface area contributed by atoms with Crippen molar-refractivity contribution in [2.75, 3.05) is 13.1 Å². The summed E-state index contributed by atoms with van der Waals surface area (Å²) in [6, 6.07) is 0. The van der Waals surface area contributed by atoms with Crippen molar-refractivity contribution < 1.29 is 5.11 Å². The van der Waals surface area contributed by atoms with Crippen molar-refractivity contribution in [3.05, 3.63) is 0 Å². The lowest BCUT2D eigenvalue weighted by molar-refractivity contribution is 0.102. The third kappa shape index (κ3) is 6.76. The van der Waals surface area contributed by atoms with Crippen molar-refractivity contribution in [3.8, 4) is 0 Å². The SMILES string of the molecule is CCC(C)(C)CC(CNCC(C)O)C(C)(CC)CC. The van der Waals surface area contributed by atoms with Crippen LogP contribution in [0.5, 0.6) is 0 Å². The second-order valence-electron chi connectivity index (χ2n) is 7.29. The standard InChI is InChI=1S/C17H37NO/c1-8-16(5,6)11-15(13-18-12-14(4)19)17(7,9-2)10-3/h14-15,18-19H,8-13H2,1-7H3. The van der Waals surface area contributed by atoms with E-state index in [9.17, 15) is 5.11 Å². The smallest absolute Gasteiger partial charge is 0.0636 e. The van der Waals surface area contributed by atoms with Gasteiger partial charge in [0.25, 0.3) is 0 Å². The van der Waals surface area contributed by atoms with E-state index in [0.29, 0.717) is 23.3 Å². The Morgan fingerprint density at radius 3 is 1.84 bits per heavy atom. The van der Waals surface area contributed by atoms with Crippen molar-refractivity contribution in [2.24, 2.45) is 16.7 Å². The molecule has 0 aliphatic rings. The van der Waals surface area contributed by atoms with Crippen molar-refractivity contribution in [1.82, 2.24) is 5.32 Å². The van der Waals surface area contributed by atoms with E-state index < -0.39 is 0 Å². The first-order chi connectivity index (χ1) is 8.70. The summed E-state index contributed by atoms with van der Waals surface area (Å²) in [5.41, 5.74) is 0.806. The first kappa shape index (κ1) is 18.9. The van der Waals surface area contributed by atoms with Crippen LogP contribution in [0.1, 0.15) is 74.1 Å². The Morgan fingerprint density at radius 2 is 1.47 bits per heavy atom. The predicted octanol–water partition coefficient (Wildman–Crippen LogP) is 4.23. The highest BCUT2D eigenvalue weighted by Gasteiger charge is 2.34. The molecule has 116 valence electrons. The van der Waals surface area contributed by atoms with Gasteiger partial charge in [0.1, 0.15) is 0 Å². The topological polar surface area (TPSA) is 32.3 Å². The molecule has 0 aliphatic heterocycles. The molecule has 2 N–H and O–H groups in total. The van der Waals surface area contributed by atoms with E-state index >= 15 is 0 Å². The summed E-state index contributed by atoms with van der Waals surface area (Å²) < 4.78 is 0. The van der Waals surface area contributed by atoms with Crippen molar-refractivity contribution in [2.45, 2.75) is 80.3 Å². The number of rotatable bonds is 10. The van der Waals surface area contributed by atoms with Gasteiger partial charge in [0.2, 0.25) is 0 Å². The Bertz CT molecular complexity index is 231. The van der Waals surface area contributed by atoms with Crippen molar-refractivity contribution >= 4 is 0 Å². The molecule has 0 aromatic carbocycles. The Morgan fingerprint density at radius 1 is 0.947 bits per heavy atom. The molecule has 2 heteroatoms. The maximum absolute atomic E-state index is 9.40. The van der Waals surface area contributed by atoms with Crippen LogP contribution < -0.4 is 5.32 Å². The van der Waals surface area contributed by atoms with Crippen LogP contribution in [0.25, 0.3) is 0 Å². The monoisotopic (exact) mass is 271 g/mol. The molecule has 0 aliphatic carbocycles.